The molecule has 0 aliphatic rings. The minimum atomic E-state index is -4.55. The Kier molecular flexibility index (Phi) is 4.40. The van der Waals surface area contributed by atoms with E-state index in [1.54, 1.807) is 18.2 Å². The molecule has 0 unspecified atom stereocenters. The minimum absolute atomic E-state index is 0.0162. The maximum absolute atomic E-state index is 12.6. The lowest BCUT2D eigenvalue weighted by molar-refractivity contribution is -0.137. The Hall–Kier alpha value is -1.77. The fourth-order valence-electron chi connectivity index (χ4n) is 1.65. The van der Waals surface area contributed by atoms with Gasteiger partial charge in [-0.05, 0) is 59.0 Å². The van der Waals surface area contributed by atoms with Crippen molar-refractivity contribution in [3.8, 4) is 11.5 Å². The van der Waals surface area contributed by atoms with Crippen molar-refractivity contribution in [2.75, 3.05) is 0 Å². The van der Waals surface area contributed by atoms with E-state index in [1.807, 2.05) is 6.07 Å². The summed E-state index contributed by atoms with van der Waals surface area (Å²) < 4.78 is 44.3. The molecular formula is C14H9F3INO2. The molecule has 0 heterocycles. The summed E-state index contributed by atoms with van der Waals surface area (Å²) in [5, 5.41) is 0. The van der Waals surface area contributed by atoms with Gasteiger partial charge in [0.15, 0.2) is 0 Å². The van der Waals surface area contributed by atoms with Crippen LogP contribution in [0.15, 0.2) is 42.5 Å². The van der Waals surface area contributed by atoms with Gasteiger partial charge in [-0.15, -0.1) is 0 Å². The highest BCUT2D eigenvalue weighted by Gasteiger charge is 2.31. The molecule has 2 rings (SSSR count). The van der Waals surface area contributed by atoms with Gasteiger partial charge in [-0.25, -0.2) is 0 Å². The molecule has 0 aliphatic carbocycles. The molecule has 3 nitrogen and oxygen atoms in total. The van der Waals surface area contributed by atoms with E-state index in [1.165, 1.54) is 0 Å². The van der Waals surface area contributed by atoms with Crippen LogP contribution in [-0.2, 0) is 6.18 Å². The second kappa shape index (κ2) is 5.92. The Balaban J connectivity index is 2.42. The first kappa shape index (κ1) is 15.6. The number of carbonyl (C=O) groups excluding carboxylic acids is 1. The van der Waals surface area contributed by atoms with Crippen LogP contribution >= 0.6 is 22.6 Å². The zero-order valence-electron chi connectivity index (χ0n) is 10.4. The van der Waals surface area contributed by atoms with Gasteiger partial charge in [0.1, 0.15) is 11.5 Å². The quantitative estimate of drug-likeness (QED) is 0.776. The van der Waals surface area contributed by atoms with Crippen molar-refractivity contribution in [1.82, 2.24) is 0 Å². The van der Waals surface area contributed by atoms with Crippen LogP contribution < -0.4 is 10.5 Å². The number of carbonyl (C=O) groups is 1. The summed E-state index contributed by atoms with van der Waals surface area (Å²) in [4.78, 5) is 11.3. The first-order valence-corrected chi connectivity index (χ1v) is 6.80. The third-order valence-electron chi connectivity index (χ3n) is 2.60. The lowest BCUT2D eigenvalue weighted by atomic mass is 10.1. The highest BCUT2D eigenvalue weighted by Crippen LogP contribution is 2.34. The number of rotatable bonds is 3. The maximum Gasteiger partial charge on any atom is 0.416 e. The van der Waals surface area contributed by atoms with Crippen LogP contribution in [0.2, 0.25) is 0 Å². The summed E-state index contributed by atoms with van der Waals surface area (Å²) >= 11 is 2.07. The lowest BCUT2D eigenvalue weighted by Gasteiger charge is -2.12. The van der Waals surface area contributed by atoms with Gasteiger partial charge >= 0.3 is 6.18 Å². The highest BCUT2D eigenvalue weighted by atomic mass is 127. The summed E-state index contributed by atoms with van der Waals surface area (Å²) in [7, 11) is 0. The normalized spacial score (nSPS) is 11.2. The van der Waals surface area contributed by atoms with Crippen molar-refractivity contribution in [3.05, 3.63) is 57.2 Å². The van der Waals surface area contributed by atoms with Crippen LogP contribution in [0.5, 0.6) is 11.5 Å². The molecule has 0 bridgehead atoms. The molecule has 1 amide bonds. The van der Waals surface area contributed by atoms with E-state index >= 15 is 0 Å². The fraction of sp³-hybridized carbons (Fsp3) is 0.0714. The van der Waals surface area contributed by atoms with E-state index in [4.69, 9.17) is 10.5 Å². The van der Waals surface area contributed by atoms with Crippen molar-refractivity contribution in [2.45, 2.75) is 6.18 Å². The Bertz CT molecular complexity index is 686. The molecule has 0 radical (unpaired) electrons. The topological polar surface area (TPSA) is 52.3 Å². The molecule has 110 valence electrons. The summed E-state index contributed by atoms with van der Waals surface area (Å²) in [5.74, 6) is -0.594. The number of alkyl halides is 3. The Morgan fingerprint density at radius 3 is 2.43 bits per heavy atom. The zero-order chi connectivity index (χ0) is 15.6. The van der Waals surface area contributed by atoms with Gasteiger partial charge < -0.3 is 10.5 Å². The predicted molar refractivity (Wildman–Crippen MR) is 79.2 cm³/mol. The standard InChI is InChI=1S/C14H9F3INO2/c15-14(16,17)8-4-5-12(11(6-8)13(19)20)21-10-3-1-2-9(18)7-10/h1-7H,(H2,19,20). The average Bonchev–Trinajstić information content (AvgIpc) is 2.37. The third kappa shape index (κ3) is 3.87. The first-order valence-electron chi connectivity index (χ1n) is 5.72. The number of amides is 1. The van der Waals surface area contributed by atoms with Crippen molar-refractivity contribution < 1.29 is 22.7 Å². The van der Waals surface area contributed by atoms with Gasteiger partial charge in [0, 0.05) is 3.57 Å². The Labute approximate surface area is 132 Å². The Morgan fingerprint density at radius 1 is 1.14 bits per heavy atom. The second-order valence-corrected chi connectivity index (χ2v) is 5.38. The second-order valence-electron chi connectivity index (χ2n) is 4.13. The molecule has 2 N–H and O–H groups in total. The van der Waals surface area contributed by atoms with Gasteiger partial charge in [-0.1, -0.05) is 6.07 Å². The molecular weight excluding hydrogens is 398 g/mol. The summed E-state index contributed by atoms with van der Waals surface area (Å²) in [6, 6.07) is 9.48. The molecule has 2 aromatic rings. The van der Waals surface area contributed by atoms with Gasteiger partial charge in [0.2, 0.25) is 0 Å². The number of benzene rings is 2. The molecule has 0 aliphatic heterocycles. The number of hydrogen-bond acceptors (Lipinski definition) is 2. The van der Waals surface area contributed by atoms with Crippen LogP contribution in [0.3, 0.4) is 0 Å². The van der Waals surface area contributed by atoms with E-state index < -0.39 is 17.6 Å². The Morgan fingerprint density at radius 2 is 1.86 bits per heavy atom. The molecule has 0 fully saturated rings. The van der Waals surface area contributed by atoms with Crippen LogP contribution in [0.25, 0.3) is 0 Å². The average molecular weight is 407 g/mol. The smallest absolute Gasteiger partial charge is 0.416 e. The monoisotopic (exact) mass is 407 g/mol. The van der Waals surface area contributed by atoms with Crippen molar-refractivity contribution >= 4 is 28.5 Å². The maximum atomic E-state index is 12.6. The van der Waals surface area contributed by atoms with Crippen LogP contribution in [-0.4, -0.2) is 5.91 Å². The minimum Gasteiger partial charge on any atom is -0.456 e. The van der Waals surface area contributed by atoms with E-state index in [0.29, 0.717) is 11.8 Å². The lowest BCUT2D eigenvalue weighted by Crippen LogP contribution is -2.14. The predicted octanol–water partition coefficient (Wildman–Crippen LogP) is 4.20. The van der Waals surface area contributed by atoms with Crippen LogP contribution in [0.4, 0.5) is 13.2 Å². The number of nitrogens with two attached hydrogens (primary N) is 1. The zero-order valence-corrected chi connectivity index (χ0v) is 12.6. The van der Waals surface area contributed by atoms with Crippen molar-refractivity contribution in [3.63, 3.8) is 0 Å². The highest BCUT2D eigenvalue weighted by molar-refractivity contribution is 14.1. The van der Waals surface area contributed by atoms with Crippen molar-refractivity contribution in [2.24, 2.45) is 5.73 Å². The molecule has 0 aromatic heterocycles. The first-order chi connectivity index (χ1) is 9.77. The molecule has 7 heteroatoms. The van der Waals surface area contributed by atoms with E-state index in [-0.39, 0.29) is 11.3 Å². The molecule has 2 aromatic carbocycles. The van der Waals surface area contributed by atoms with E-state index in [0.717, 1.165) is 15.7 Å². The summed E-state index contributed by atoms with van der Waals surface area (Å²) in [6.07, 6.45) is -4.55. The van der Waals surface area contributed by atoms with Crippen LogP contribution in [0, 0.1) is 3.57 Å². The fourth-order valence-corrected chi connectivity index (χ4v) is 2.16. The number of halogens is 4. The molecule has 0 spiro atoms. The SMILES string of the molecule is NC(=O)c1cc(C(F)(F)F)ccc1Oc1cccc(I)c1. The van der Waals surface area contributed by atoms with Gasteiger partial charge in [0.25, 0.3) is 5.91 Å². The third-order valence-corrected chi connectivity index (χ3v) is 3.27. The van der Waals surface area contributed by atoms with Crippen LogP contribution in [0.1, 0.15) is 15.9 Å². The molecule has 0 saturated heterocycles. The molecule has 0 saturated carbocycles. The summed E-state index contributed by atoms with van der Waals surface area (Å²) in [6.45, 7) is 0. The van der Waals surface area contributed by atoms with E-state index in [2.05, 4.69) is 22.6 Å². The van der Waals surface area contributed by atoms with Crippen molar-refractivity contribution in [1.29, 1.82) is 0 Å². The molecule has 0 atom stereocenters. The summed E-state index contributed by atoms with van der Waals surface area (Å²) in [5.41, 5.74) is 3.85. The van der Waals surface area contributed by atoms with E-state index in [9.17, 15) is 18.0 Å². The van der Waals surface area contributed by atoms with Gasteiger partial charge in [-0.3, -0.25) is 4.79 Å². The number of ether oxygens (including phenoxy) is 1. The number of primary amides is 1. The number of hydrogen-bond donors (Lipinski definition) is 1. The van der Waals surface area contributed by atoms with Gasteiger partial charge in [0.05, 0.1) is 11.1 Å². The molecule has 21 heavy (non-hydrogen) atoms. The largest absolute Gasteiger partial charge is 0.456 e. The van der Waals surface area contributed by atoms with Gasteiger partial charge in [-0.2, -0.15) is 13.2 Å².